The smallest absolute Gasteiger partial charge is 0.227 e. The Balaban J connectivity index is 1.71. The van der Waals surface area contributed by atoms with Gasteiger partial charge in [0.1, 0.15) is 0 Å². The van der Waals surface area contributed by atoms with Gasteiger partial charge < -0.3 is 25.0 Å². The number of nitrogens with one attached hydrogen (secondary N) is 2. The molecule has 1 amide bonds. The van der Waals surface area contributed by atoms with Crippen molar-refractivity contribution in [2.24, 2.45) is 0 Å². The molecule has 1 saturated heterocycles. The van der Waals surface area contributed by atoms with Crippen LogP contribution in [0.4, 0.5) is 5.69 Å². The second-order valence-electron chi connectivity index (χ2n) is 5.80. The third-order valence-corrected chi connectivity index (χ3v) is 4.13. The summed E-state index contributed by atoms with van der Waals surface area (Å²) in [5.41, 5.74) is 1.91. The third kappa shape index (κ3) is 7.37. The second kappa shape index (κ2) is 11.0. The largest absolute Gasteiger partial charge is 0.382 e. The van der Waals surface area contributed by atoms with Crippen molar-refractivity contribution in [2.45, 2.75) is 19.8 Å². The van der Waals surface area contributed by atoms with Crippen molar-refractivity contribution in [3.8, 4) is 0 Å². The molecule has 1 heterocycles. The fraction of sp³-hybridized carbons (Fsp3) is 0.556. The SMILES string of the molecule is CCOCCCNC(=S)Nc1ccc(CC(=O)N2CCOCC2)cc1. The van der Waals surface area contributed by atoms with E-state index in [4.69, 9.17) is 21.7 Å². The molecular weight excluding hydrogens is 338 g/mol. The Morgan fingerprint density at radius 2 is 2.00 bits per heavy atom. The van der Waals surface area contributed by atoms with Crippen LogP contribution in [0.15, 0.2) is 24.3 Å². The molecule has 0 aliphatic carbocycles. The van der Waals surface area contributed by atoms with Crippen LogP contribution < -0.4 is 10.6 Å². The summed E-state index contributed by atoms with van der Waals surface area (Å²) in [4.78, 5) is 14.1. The summed E-state index contributed by atoms with van der Waals surface area (Å²) in [6, 6.07) is 7.79. The van der Waals surface area contributed by atoms with Gasteiger partial charge in [0.2, 0.25) is 5.91 Å². The average Bonchev–Trinajstić information content (AvgIpc) is 2.64. The van der Waals surface area contributed by atoms with Crippen molar-refractivity contribution in [1.82, 2.24) is 10.2 Å². The van der Waals surface area contributed by atoms with E-state index in [0.29, 0.717) is 37.8 Å². The van der Waals surface area contributed by atoms with Crippen molar-refractivity contribution in [1.29, 1.82) is 0 Å². The van der Waals surface area contributed by atoms with Crippen LogP contribution in [0.1, 0.15) is 18.9 Å². The van der Waals surface area contributed by atoms with Gasteiger partial charge in [-0.2, -0.15) is 0 Å². The fourth-order valence-corrected chi connectivity index (χ4v) is 2.72. The van der Waals surface area contributed by atoms with Gasteiger partial charge >= 0.3 is 0 Å². The first-order chi connectivity index (χ1) is 12.2. The van der Waals surface area contributed by atoms with E-state index < -0.39 is 0 Å². The number of morpholine rings is 1. The molecule has 0 saturated carbocycles. The summed E-state index contributed by atoms with van der Waals surface area (Å²) in [6.45, 7) is 6.85. The molecule has 0 aromatic heterocycles. The number of carbonyl (C=O) groups is 1. The summed E-state index contributed by atoms with van der Waals surface area (Å²) in [5.74, 6) is 0.149. The Morgan fingerprint density at radius 3 is 2.68 bits per heavy atom. The van der Waals surface area contributed by atoms with Crippen LogP contribution in [-0.2, 0) is 20.7 Å². The zero-order valence-corrected chi connectivity index (χ0v) is 15.6. The topological polar surface area (TPSA) is 62.8 Å². The maximum atomic E-state index is 12.2. The van der Waals surface area contributed by atoms with Gasteiger partial charge in [0, 0.05) is 38.5 Å². The molecule has 0 atom stereocenters. The minimum Gasteiger partial charge on any atom is -0.382 e. The Morgan fingerprint density at radius 1 is 1.28 bits per heavy atom. The first-order valence-corrected chi connectivity index (χ1v) is 9.17. The van der Waals surface area contributed by atoms with Crippen LogP contribution in [-0.4, -0.2) is 62.0 Å². The van der Waals surface area contributed by atoms with E-state index in [1.165, 1.54) is 0 Å². The Labute approximate surface area is 154 Å². The first-order valence-electron chi connectivity index (χ1n) is 8.76. The van der Waals surface area contributed by atoms with E-state index in [0.717, 1.165) is 37.4 Å². The molecular formula is C18H27N3O3S. The highest BCUT2D eigenvalue weighted by Gasteiger charge is 2.16. The monoisotopic (exact) mass is 365 g/mol. The van der Waals surface area contributed by atoms with Crippen molar-refractivity contribution in [3.63, 3.8) is 0 Å². The lowest BCUT2D eigenvalue weighted by Gasteiger charge is -2.26. The van der Waals surface area contributed by atoms with Crippen molar-refractivity contribution < 1.29 is 14.3 Å². The van der Waals surface area contributed by atoms with Crippen molar-refractivity contribution in [3.05, 3.63) is 29.8 Å². The maximum Gasteiger partial charge on any atom is 0.227 e. The van der Waals surface area contributed by atoms with Gasteiger partial charge in [-0.05, 0) is 43.3 Å². The van der Waals surface area contributed by atoms with Gasteiger partial charge in [0.05, 0.1) is 19.6 Å². The van der Waals surface area contributed by atoms with E-state index in [1.807, 2.05) is 36.1 Å². The van der Waals surface area contributed by atoms with Gasteiger partial charge in [0.25, 0.3) is 0 Å². The van der Waals surface area contributed by atoms with Gasteiger partial charge in [-0.1, -0.05) is 12.1 Å². The summed E-state index contributed by atoms with van der Waals surface area (Å²) in [7, 11) is 0. The minimum absolute atomic E-state index is 0.149. The molecule has 6 nitrogen and oxygen atoms in total. The molecule has 2 rings (SSSR count). The molecule has 1 aliphatic rings. The van der Waals surface area contributed by atoms with Crippen LogP contribution in [0.2, 0.25) is 0 Å². The lowest BCUT2D eigenvalue weighted by Crippen LogP contribution is -2.41. The molecule has 0 bridgehead atoms. The zero-order valence-electron chi connectivity index (χ0n) is 14.8. The summed E-state index contributed by atoms with van der Waals surface area (Å²) < 4.78 is 10.6. The molecule has 2 N–H and O–H groups in total. The van der Waals surface area contributed by atoms with E-state index in [2.05, 4.69) is 10.6 Å². The molecule has 7 heteroatoms. The number of carbonyl (C=O) groups excluding carboxylic acids is 1. The lowest BCUT2D eigenvalue weighted by atomic mass is 10.1. The van der Waals surface area contributed by atoms with E-state index in [-0.39, 0.29) is 5.91 Å². The Bertz CT molecular complexity index is 545. The minimum atomic E-state index is 0.149. The number of anilines is 1. The molecule has 1 aromatic rings. The zero-order chi connectivity index (χ0) is 17.9. The number of benzene rings is 1. The highest BCUT2D eigenvalue weighted by atomic mass is 32.1. The number of rotatable bonds is 8. The third-order valence-electron chi connectivity index (χ3n) is 3.89. The Kier molecular flexibility index (Phi) is 8.65. The van der Waals surface area contributed by atoms with Crippen molar-refractivity contribution >= 4 is 28.9 Å². The van der Waals surface area contributed by atoms with E-state index in [9.17, 15) is 4.79 Å². The predicted molar refractivity (Wildman–Crippen MR) is 103 cm³/mol. The van der Waals surface area contributed by atoms with E-state index in [1.54, 1.807) is 0 Å². The summed E-state index contributed by atoms with van der Waals surface area (Å²) in [6.07, 6.45) is 1.33. The second-order valence-corrected chi connectivity index (χ2v) is 6.21. The highest BCUT2D eigenvalue weighted by Crippen LogP contribution is 2.11. The number of hydrogen-bond acceptors (Lipinski definition) is 4. The fourth-order valence-electron chi connectivity index (χ4n) is 2.50. The van der Waals surface area contributed by atoms with Gasteiger partial charge in [0.15, 0.2) is 5.11 Å². The van der Waals surface area contributed by atoms with Crippen molar-refractivity contribution in [2.75, 3.05) is 51.4 Å². The molecule has 1 aromatic carbocycles. The first kappa shape index (κ1) is 19.6. The Hall–Kier alpha value is -1.70. The number of ether oxygens (including phenoxy) is 2. The van der Waals surface area contributed by atoms with Crippen LogP contribution in [0.25, 0.3) is 0 Å². The average molecular weight is 365 g/mol. The summed E-state index contributed by atoms with van der Waals surface area (Å²) >= 11 is 5.27. The standard InChI is InChI=1S/C18H27N3O3S/c1-2-23-11-3-8-19-18(25)20-16-6-4-15(5-7-16)14-17(22)21-9-12-24-13-10-21/h4-7H,2-3,8-14H2,1H3,(H2,19,20,25). The van der Waals surface area contributed by atoms with Crippen LogP contribution >= 0.6 is 12.2 Å². The number of nitrogens with zero attached hydrogens (tertiary/aromatic N) is 1. The van der Waals surface area contributed by atoms with Crippen LogP contribution in [0.3, 0.4) is 0 Å². The lowest BCUT2D eigenvalue weighted by molar-refractivity contribution is -0.134. The molecule has 138 valence electrons. The molecule has 0 spiro atoms. The normalized spacial score (nSPS) is 14.2. The van der Waals surface area contributed by atoms with Crippen LogP contribution in [0.5, 0.6) is 0 Å². The quantitative estimate of drug-likeness (QED) is 0.541. The molecule has 1 fully saturated rings. The molecule has 0 unspecified atom stereocenters. The van der Waals surface area contributed by atoms with Gasteiger partial charge in [-0.15, -0.1) is 0 Å². The highest BCUT2D eigenvalue weighted by molar-refractivity contribution is 7.80. The molecule has 1 aliphatic heterocycles. The predicted octanol–water partition coefficient (Wildman–Crippen LogP) is 1.80. The maximum absolute atomic E-state index is 12.2. The van der Waals surface area contributed by atoms with E-state index >= 15 is 0 Å². The van der Waals surface area contributed by atoms with Gasteiger partial charge in [-0.3, -0.25) is 4.79 Å². The number of hydrogen-bond donors (Lipinski definition) is 2. The number of amides is 1. The number of thiocarbonyl (C=S) groups is 1. The van der Waals surface area contributed by atoms with Crippen LogP contribution in [0, 0.1) is 0 Å². The summed E-state index contributed by atoms with van der Waals surface area (Å²) in [5, 5.41) is 6.88. The molecule has 25 heavy (non-hydrogen) atoms. The molecule has 0 radical (unpaired) electrons. The van der Waals surface area contributed by atoms with Gasteiger partial charge in [-0.25, -0.2) is 0 Å².